The lowest BCUT2D eigenvalue weighted by molar-refractivity contribution is 0.280. The summed E-state index contributed by atoms with van der Waals surface area (Å²) in [5, 5.41) is 15.1. The third-order valence-electron chi connectivity index (χ3n) is 3.75. The molecule has 1 aromatic carbocycles. The molecule has 20 heavy (non-hydrogen) atoms. The van der Waals surface area contributed by atoms with Crippen molar-refractivity contribution in [2.45, 2.75) is 27.0 Å². The molecule has 102 valence electrons. The highest BCUT2D eigenvalue weighted by Gasteiger charge is 2.11. The van der Waals surface area contributed by atoms with Crippen LogP contribution in [0.15, 0.2) is 36.5 Å². The first-order valence-corrected chi connectivity index (χ1v) is 6.67. The summed E-state index contributed by atoms with van der Waals surface area (Å²) in [6, 6.07) is 10.1. The van der Waals surface area contributed by atoms with Crippen molar-refractivity contribution in [1.29, 1.82) is 0 Å². The molecule has 0 aliphatic heterocycles. The van der Waals surface area contributed by atoms with Crippen molar-refractivity contribution in [3.63, 3.8) is 0 Å². The number of benzene rings is 1. The van der Waals surface area contributed by atoms with Crippen LogP contribution in [-0.4, -0.2) is 19.9 Å². The third kappa shape index (κ3) is 2.08. The van der Waals surface area contributed by atoms with Gasteiger partial charge in [0.2, 0.25) is 0 Å². The molecule has 3 aromatic rings. The third-order valence-corrected chi connectivity index (χ3v) is 3.75. The van der Waals surface area contributed by atoms with E-state index in [0.29, 0.717) is 6.54 Å². The Hall–Kier alpha value is -2.20. The molecular formula is C16H17N3O. The van der Waals surface area contributed by atoms with Crippen LogP contribution in [0.4, 0.5) is 0 Å². The van der Waals surface area contributed by atoms with Crippen LogP contribution in [0.25, 0.3) is 10.9 Å². The lowest BCUT2D eigenvalue weighted by atomic mass is 10.1. The standard InChI is InChI=1S/C16H17N3O/c1-11-15(10-20)12(2)19(18-11)9-13-7-8-17-16-6-4-3-5-14(13)16/h3-8,20H,9-10H2,1-2H3. The quantitative estimate of drug-likeness (QED) is 0.793. The van der Waals surface area contributed by atoms with Crippen LogP contribution >= 0.6 is 0 Å². The zero-order chi connectivity index (χ0) is 14.1. The van der Waals surface area contributed by atoms with Crippen LogP contribution in [-0.2, 0) is 13.2 Å². The van der Waals surface area contributed by atoms with Crippen molar-refractivity contribution < 1.29 is 5.11 Å². The van der Waals surface area contributed by atoms with E-state index in [1.807, 2.05) is 49.0 Å². The molecule has 0 bridgehead atoms. The summed E-state index contributed by atoms with van der Waals surface area (Å²) in [4.78, 5) is 4.38. The summed E-state index contributed by atoms with van der Waals surface area (Å²) in [7, 11) is 0. The summed E-state index contributed by atoms with van der Waals surface area (Å²) in [5.41, 5.74) is 5.01. The van der Waals surface area contributed by atoms with Crippen LogP contribution in [0.3, 0.4) is 0 Å². The van der Waals surface area contributed by atoms with Gasteiger partial charge < -0.3 is 5.11 Å². The first-order valence-electron chi connectivity index (χ1n) is 6.67. The molecule has 0 saturated heterocycles. The van der Waals surface area contributed by atoms with Crippen molar-refractivity contribution in [3.8, 4) is 0 Å². The molecule has 0 spiro atoms. The number of hydrogen-bond donors (Lipinski definition) is 1. The number of fused-ring (bicyclic) bond motifs is 1. The fourth-order valence-electron chi connectivity index (χ4n) is 2.57. The molecule has 4 heteroatoms. The number of pyridine rings is 1. The van der Waals surface area contributed by atoms with Gasteiger partial charge in [-0.3, -0.25) is 9.67 Å². The molecule has 0 saturated carbocycles. The van der Waals surface area contributed by atoms with Gasteiger partial charge in [0.25, 0.3) is 0 Å². The van der Waals surface area contributed by atoms with Crippen LogP contribution in [0.2, 0.25) is 0 Å². The van der Waals surface area contributed by atoms with E-state index in [1.54, 1.807) is 0 Å². The largest absolute Gasteiger partial charge is 0.392 e. The monoisotopic (exact) mass is 267 g/mol. The van der Waals surface area contributed by atoms with E-state index in [9.17, 15) is 5.11 Å². The number of aromatic nitrogens is 3. The number of para-hydroxylation sites is 1. The van der Waals surface area contributed by atoms with E-state index in [4.69, 9.17) is 0 Å². The Labute approximate surface area is 117 Å². The number of aliphatic hydroxyl groups is 1. The van der Waals surface area contributed by atoms with Gasteiger partial charge in [-0.25, -0.2) is 0 Å². The Bertz CT molecular complexity index is 756. The second-order valence-electron chi connectivity index (χ2n) is 4.95. The van der Waals surface area contributed by atoms with E-state index in [1.165, 1.54) is 5.56 Å². The second-order valence-corrected chi connectivity index (χ2v) is 4.95. The summed E-state index contributed by atoms with van der Waals surface area (Å²) < 4.78 is 1.95. The van der Waals surface area contributed by atoms with Gasteiger partial charge in [0.15, 0.2) is 0 Å². The van der Waals surface area contributed by atoms with E-state index in [0.717, 1.165) is 27.9 Å². The number of rotatable bonds is 3. The molecule has 4 nitrogen and oxygen atoms in total. The fraction of sp³-hybridized carbons (Fsp3) is 0.250. The average Bonchev–Trinajstić information content (AvgIpc) is 2.73. The Balaban J connectivity index is 2.06. The van der Waals surface area contributed by atoms with Crippen molar-refractivity contribution in [2.24, 2.45) is 0 Å². The predicted octanol–water partition coefficient (Wildman–Crippen LogP) is 2.59. The maximum Gasteiger partial charge on any atom is 0.0718 e. The number of nitrogens with zero attached hydrogens (tertiary/aromatic N) is 3. The Morgan fingerprint density at radius 2 is 1.95 bits per heavy atom. The molecule has 0 fully saturated rings. The highest BCUT2D eigenvalue weighted by atomic mass is 16.3. The van der Waals surface area contributed by atoms with Crippen LogP contribution in [0, 0.1) is 13.8 Å². The zero-order valence-electron chi connectivity index (χ0n) is 11.7. The van der Waals surface area contributed by atoms with Crippen LogP contribution in [0.5, 0.6) is 0 Å². The normalized spacial score (nSPS) is 11.2. The van der Waals surface area contributed by atoms with Gasteiger partial charge in [-0.15, -0.1) is 0 Å². The lowest BCUT2D eigenvalue weighted by Gasteiger charge is -2.08. The molecular weight excluding hydrogens is 250 g/mol. The molecule has 0 atom stereocenters. The molecule has 0 aliphatic carbocycles. The van der Waals surface area contributed by atoms with E-state index >= 15 is 0 Å². The molecule has 0 radical (unpaired) electrons. The Morgan fingerprint density at radius 1 is 1.15 bits per heavy atom. The summed E-state index contributed by atoms with van der Waals surface area (Å²) in [5.74, 6) is 0. The molecule has 1 N–H and O–H groups in total. The van der Waals surface area contributed by atoms with Gasteiger partial charge in [0.1, 0.15) is 0 Å². The first kappa shape index (κ1) is 12.8. The topological polar surface area (TPSA) is 50.9 Å². The summed E-state index contributed by atoms with van der Waals surface area (Å²) >= 11 is 0. The van der Waals surface area contributed by atoms with Gasteiger partial charge in [0.05, 0.1) is 24.4 Å². The predicted molar refractivity (Wildman–Crippen MR) is 78.5 cm³/mol. The van der Waals surface area contributed by atoms with E-state index in [-0.39, 0.29) is 6.61 Å². The second kappa shape index (κ2) is 5.06. The van der Waals surface area contributed by atoms with Crippen molar-refractivity contribution in [3.05, 3.63) is 59.0 Å². The Kier molecular flexibility index (Phi) is 3.24. The SMILES string of the molecule is Cc1nn(Cc2ccnc3ccccc23)c(C)c1CO. The lowest BCUT2D eigenvalue weighted by Crippen LogP contribution is -2.05. The Morgan fingerprint density at radius 3 is 2.70 bits per heavy atom. The minimum atomic E-state index is 0.0365. The summed E-state index contributed by atoms with van der Waals surface area (Å²) in [6.07, 6.45) is 1.83. The fourth-order valence-corrected chi connectivity index (χ4v) is 2.57. The number of aryl methyl sites for hydroxylation is 1. The van der Waals surface area contributed by atoms with Crippen molar-refractivity contribution >= 4 is 10.9 Å². The van der Waals surface area contributed by atoms with Gasteiger partial charge in [-0.05, 0) is 31.5 Å². The molecule has 2 aromatic heterocycles. The van der Waals surface area contributed by atoms with Crippen LogP contribution < -0.4 is 0 Å². The van der Waals surface area contributed by atoms with Gasteiger partial charge in [-0.1, -0.05) is 18.2 Å². The molecule has 0 aliphatic rings. The maximum atomic E-state index is 9.39. The van der Waals surface area contributed by atoms with Gasteiger partial charge in [-0.2, -0.15) is 5.10 Å². The average molecular weight is 267 g/mol. The summed E-state index contributed by atoms with van der Waals surface area (Å²) in [6.45, 7) is 4.65. The van der Waals surface area contributed by atoms with Gasteiger partial charge in [0, 0.05) is 22.8 Å². The molecule has 2 heterocycles. The van der Waals surface area contributed by atoms with Crippen molar-refractivity contribution in [1.82, 2.24) is 14.8 Å². The van der Waals surface area contributed by atoms with Crippen molar-refractivity contribution in [2.75, 3.05) is 0 Å². The molecule has 0 unspecified atom stereocenters. The molecule has 3 rings (SSSR count). The van der Waals surface area contributed by atoms with Crippen LogP contribution in [0.1, 0.15) is 22.5 Å². The maximum absolute atomic E-state index is 9.39. The highest BCUT2D eigenvalue weighted by molar-refractivity contribution is 5.81. The highest BCUT2D eigenvalue weighted by Crippen LogP contribution is 2.19. The zero-order valence-corrected chi connectivity index (χ0v) is 11.7. The van der Waals surface area contributed by atoms with E-state index < -0.39 is 0 Å². The number of aliphatic hydroxyl groups excluding tert-OH is 1. The smallest absolute Gasteiger partial charge is 0.0718 e. The first-order chi connectivity index (χ1) is 9.70. The van der Waals surface area contributed by atoms with E-state index in [2.05, 4.69) is 16.1 Å². The molecule has 0 amide bonds. The minimum Gasteiger partial charge on any atom is -0.392 e. The minimum absolute atomic E-state index is 0.0365. The van der Waals surface area contributed by atoms with Gasteiger partial charge >= 0.3 is 0 Å². The number of hydrogen-bond acceptors (Lipinski definition) is 3.